The zero-order valence-corrected chi connectivity index (χ0v) is 15.1. The van der Waals surface area contributed by atoms with Crippen molar-refractivity contribution in [2.45, 2.75) is 0 Å². The van der Waals surface area contributed by atoms with Gasteiger partial charge in [-0.05, 0) is 18.2 Å². The highest BCUT2D eigenvalue weighted by atomic mass is 35.5. The molecule has 136 valence electrons. The highest BCUT2D eigenvalue weighted by molar-refractivity contribution is 6.34. The predicted molar refractivity (Wildman–Crippen MR) is 100 cm³/mol. The van der Waals surface area contributed by atoms with Crippen LogP contribution in [0.4, 0.5) is 11.4 Å². The number of nitrogens with one attached hydrogen (secondary N) is 2. The Morgan fingerprint density at radius 1 is 1.19 bits per heavy atom. The van der Waals surface area contributed by atoms with Crippen LogP contribution in [0.2, 0.25) is 10.0 Å². The van der Waals surface area contributed by atoms with Gasteiger partial charge in [-0.1, -0.05) is 40.5 Å². The average molecular weight is 404 g/mol. The molecular weight excluding hydrogens is 393 g/mol. The summed E-state index contributed by atoms with van der Waals surface area (Å²) in [6.45, 7) is -0.103. The zero-order valence-electron chi connectivity index (χ0n) is 13.6. The van der Waals surface area contributed by atoms with Crippen LogP contribution < -0.4 is 15.4 Å². The lowest BCUT2D eigenvalue weighted by molar-refractivity contribution is -0.118. The lowest BCUT2D eigenvalue weighted by Gasteiger charge is -2.19. The number of rotatable bonds is 3. The fraction of sp³-hybridized carbons (Fsp3) is 0.0556. The number of aromatic nitrogens is 1. The van der Waals surface area contributed by atoms with Crippen LogP contribution in [-0.4, -0.2) is 23.6 Å². The third-order valence-corrected chi connectivity index (χ3v) is 4.35. The van der Waals surface area contributed by atoms with E-state index in [1.807, 2.05) is 0 Å². The number of amides is 2. The van der Waals surface area contributed by atoms with Gasteiger partial charge in [-0.25, -0.2) is 0 Å². The van der Waals surface area contributed by atoms with E-state index in [0.29, 0.717) is 33.5 Å². The van der Waals surface area contributed by atoms with E-state index in [0.717, 1.165) is 0 Å². The Morgan fingerprint density at radius 2 is 2.04 bits per heavy atom. The molecule has 0 fully saturated rings. The van der Waals surface area contributed by atoms with Gasteiger partial charge in [-0.15, -0.1) is 0 Å². The number of carbonyl (C=O) groups is 2. The van der Waals surface area contributed by atoms with Crippen LogP contribution >= 0.6 is 23.2 Å². The van der Waals surface area contributed by atoms with E-state index in [-0.39, 0.29) is 23.2 Å². The molecule has 3 aromatic rings. The third kappa shape index (κ3) is 3.60. The number of hydrogen-bond acceptors (Lipinski definition) is 5. The van der Waals surface area contributed by atoms with Crippen LogP contribution in [0, 0.1) is 0 Å². The number of hydrogen-bond donors (Lipinski definition) is 2. The van der Waals surface area contributed by atoms with E-state index in [2.05, 4.69) is 15.8 Å². The summed E-state index contributed by atoms with van der Waals surface area (Å²) in [5.41, 5.74) is 1.54. The summed E-state index contributed by atoms with van der Waals surface area (Å²) in [5.74, 6) is 0.0412. The molecule has 7 nitrogen and oxygen atoms in total. The minimum absolute atomic E-state index is 0.0768. The molecule has 2 N–H and O–H groups in total. The fourth-order valence-corrected chi connectivity index (χ4v) is 2.94. The monoisotopic (exact) mass is 403 g/mol. The topological polar surface area (TPSA) is 93.5 Å². The standard InChI is InChI=1S/C18H11Cl2N3O4/c19-10-3-1-2-9(4-10)15-7-14(23-27-15)18(25)22-12-6-16-13(5-11(12)20)21-17(24)8-26-16/h1-7H,8H2,(H,21,24)(H,22,25). The maximum atomic E-state index is 12.5. The van der Waals surface area contributed by atoms with Crippen LogP contribution in [0.1, 0.15) is 10.5 Å². The number of carbonyl (C=O) groups excluding carboxylic acids is 2. The minimum atomic E-state index is -0.506. The summed E-state index contributed by atoms with van der Waals surface area (Å²) in [6.07, 6.45) is 0. The zero-order chi connectivity index (χ0) is 19.0. The minimum Gasteiger partial charge on any atom is -0.482 e. The molecule has 0 unspecified atom stereocenters. The summed E-state index contributed by atoms with van der Waals surface area (Å²) in [7, 11) is 0. The van der Waals surface area contributed by atoms with Crippen molar-refractivity contribution >= 4 is 46.4 Å². The summed E-state index contributed by atoms with van der Waals surface area (Å²) in [4.78, 5) is 23.8. The quantitative estimate of drug-likeness (QED) is 0.682. The molecule has 0 aliphatic carbocycles. The van der Waals surface area contributed by atoms with Crippen LogP contribution in [-0.2, 0) is 4.79 Å². The number of ether oxygens (including phenoxy) is 1. The van der Waals surface area contributed by atoms with Gasteiger partial charge in [0.1, 0.15) is 5.75 Å². The molecule has 1 aromatic heterocycles. The molecule has 0 bridgehead atoms. The molecule has 1 aliphatic heterocycles. The van der Waals surface area contributed by atoms with Gasteiger partial charge in [0.25, 0.3) is 11.8 Å². The van der Waals surface area contributed by atoms with Crippen LogP contribution in [0.3, 0.4) is 0 Å². The van der Waals surface area contributed by atoms with Crippen molar-refractivity contribution in [3.05, 3.63) is 58.2 Å². The van der Waals surface area contributed by atoms with E-state index in [1.54, 1.807) is 24.3 Å². The van der Waals surface area contributed by atoms with Crippen LogP contribution in [0.25, 0.3) is 11.3 Å². The first-order valence-corrected chi connectivity index (χ1v) is 8.55. The molecule has 9 heteroatoms. The first kappa shape index (κ1) is 17.4. The fourth-order valence-electron chi connectivity index (χ4n) is 2.54. The summed E-state index contributed by atoms with van der Waals surface area (Å²) in [5, 5.41) is 9.86. The molecule has 2 amide bonds. The third-order valence-electron chi connectivity index (χ3n) is 3.80. The van der Waals surface area contributed by atoms with Crippen LogP contribution in [0.15, 0.2) is 47.0 Å². The van der Waals surface area contributed by atoms with Crippen molar-refractivity contribution in [2.24, 2.45) is 0 Å². The maximum absolute atomic E-state index is 12.5. The van der Waals surface area contributed by atoms with Gasteiger partial charge in [-0.3, -0.25) is 9.59 Å². The van der Waals surface area contributed by atoms with Gasteiger partial charge in [-0.2, -0.15) is 0 Å². The average Bonchev–Trinajstić information content (AvgIpc) is 3.13. The number of nitrogens with zero attached hydrogens (tertiary/aromatic N) is 1. The molecule has 0 saturated heterocycles. The predicted octanol–water partition coefficient (Wildman–Crippen LogP) is 4.23. The highest BCUT2D eigenvalue weighted by Gasteiger charge is 2.20. The van der Waals surface area contributed by atoms with Gasteiger partial charge >= 0.3 is 0 Å². The second kappa shape index (κ2) is 6.94. The van der Waals surface area contributed by atoms with Crippen molar-refractivity contribution in [1.29, 1.82) is 0 Å². The lowest BCUT2D eigenvalue weighted by Crippen LogP contribution is -2.25. The van der Waals surface area contributed by atoms with Gasteiger partial charge in [0, 0.05) is 22.7 Å². The van der Waals surface area contributed by atoms with Crippen LogP contribution in [0.5, 0.6) is 5.75 Å². The molecular formula is C18H11Cl2N3O4. The Morgan fingerprint density at radius 3 is 2.85 bits per heavy atom. The normalized spacial score (nSPS) is 12.7. The number of fused-ring (bicyclic) bond motifs is 1. The number of halogens is 2. The number of benzene rings is 2. The number of anilines is 2. The van der Waals surface area contributed by atoms with E-state index in [1.165, 1.54) is 18.2 Å². The molecule has 27 heavy (non-hydrogen) atoms. The molecule has 0 spiro atoms. The molecule has 0 atom stereocenters. The van der Waals surface area contributed by atoms with Crippen molar-refractivity contribution in [3.8, 4) is 17.1 Å². The highest BCUT2D eigenvalue weighted by Crippen LogP contribution is 2.36. The first-order valence-electron chi connectivity index (χ1n) is 7.80. The van der Waals surface area contributed by atoms with Gasteiger partial charge in [0.2, 0.25) is 0 Å². The van der Waals surface area contributed by atoms with Gasteiger partial charge in [0.05, 0.1) is 16.4 Å². The van der Waals surface area contributed by atoms with Crippen molar-refractivity contribution < 1.29 is 18.8 Å². The van der Waals surface area contributed by atoms with E-state index < -0.39 is 5.91 Å². The van der Waals surface area contributed by atoms with Gasteiger partial charge in [0.15, 0.2) is 18.1 Å². The first-order chi connectivity index (χ1) is 13.0. The van der Waals surface area contributed by atoms with E-state index in [4.69, 9.17) is 32.5 Å². The Bertz CT molecular complexity index is 1060. The second-order valence-electron chi connectivity index (χ2n) is 5.71. The Hall–Kier alpha value is -3.03. The summed E-state index contributed by atoms with van der Waals surface area (Å²) >= 11 is 12.1. The summed E-state index contributed by atoms with van der Waals surface area (Å²) in [6, 6.07) is 11.5. The lowest BCUT2D eigenvalue weighted by atomic mass is 10.1. The SMILES string of the molecule is O=C1COc2cc(NC(=O)c3cc(-c4cccc(Cl)c4)on3)c(Cl)cc2N1. The molecule has 0 saturated carbocycles. The molecule has 0 radical (unpaired) electrons. The second-order valence-corrected chi connectivity index (χ2v) is 6.55. The van der Waals surface area contributed by atoms with E-state index >= 15 is 0 Å². The Balaban J connectivity index is 1.56. The Kier molecular flexibility index (Phi) is 4.47. The van der Waals surface area contributed by atoms with E-state index in [9.17, 15) is 9.59 Å². The maximum Gasteiger partial charge on any atom is 0.277 e. The molecule has 2 aromatic carbocycles. The van der Waals surface area contributed by atoms with Crippen molar-refractivity contribution in [3.63, 3.8) is 0 Å². The molecule has 4 rings (SSSR count). The Labute approximate surface area is 163 Å². The largest absolute Gasteiger partial charge is 0.482 e. The molecule has 2 heterocycles. The molecule has 1 aliphatic rings. The smallest absolute Gasteiger partial charge is 0.277 e. The van der Waals surface area contributed by atoms with Crippen molar-refractivity contribution in [1.82, 2.24) is 5.16 Å². The summed E-state index contributed by atoms with van der Waals surface area (Å²) < 4.78 is 10.5. The van der Waals surface area contributed by atoms with Crippen molar-refractivity contribution in [2.75, 3.05) is 17.2 Å². The van der Waals surface area contributed by atoms with Gasteiger partial charge < -0.3 is 19.9 Å².